The molecule has 1 aromatic rings. The highest BCUT2D eigenvalue weighted by atomic mass is 16.6. The van der Waals surface area contributed by atoms with Crippen LogP contribution in [0.5, 0.6) is 17.2 Å². The van der Waals surface area contributed by atoms with E-state index in [0.717, 1.165) is 44.8 Å². The molecular weight excluding hydrogens is 334 g/mol. The van der Waals surface area contributed by atoms with Gasteiger partial charge in [0.25, 0.3) is 0 Å². The van der Waals surface area contributed by atoms with E-state index in [1.54, 1.807) is 21.3 Å². The van der Waals surface area contributed by atoms with Crippen LogP contribution in [0.3, 0.4) is 0 Å². The Morgan fingerprint density at radius 3 is 2.12 bits per heavy atom. The largest absolute Gasteiger partial charge is 0.493 e. The van der Waals surface area contributed by atoms with Crippen molar-refractivity contribution in [2.45, 2.75) is 13.0 Å². The summed E-state index contributed by atoms with van der Waals surface area (Å²) in [5.41, 5.74) is 1.13. The standard InChI is InChI=1S/C19H29N3O4/c1-23-11-12-26-19-17(24-2)13-16(14-18(19)25-3)15-22-9-7-21(8-10-22)6-4-5-20/h13-14H,4,6-12,15H2,1-3H3. The minimum Gasteiger partial charge on any atom is -0.493 e. The summed E-state index contributed by atoms with van der Waals surface area (Å²) in [5.74, 6) is 1.95. The lowest BCUT2D eigenvalue weighted by Crippen LogP contribution is -2.46. The first-order valence-corrected chi connectivity index (χ1v) is 8.90. The number of nitriles is 1. The first-order chi connectivity index (χ1) is 12.7. The van der Waals surface area contributed by atoms with E-state index < -0.39 is 0 Å². The van der Waals surface area contributed by atoms with Gasteiger partial charge in [-0.3, -0.25) is 9.80 Å². The Labute approximate surface area is 156 Å². The maximum atomic E-state index is 8.70. The lowest BCUT2D eigenvalue weighted by atomic mass is 10.1. The van der Waals surface area contributed by atoms with Crippen LogP contribution in [0.25, 0.3) is 0 Å². The lowest BCUT2D eigenvalue weighted by Gasteiger charge is -2.34. The SMILES string of the molecule is COCCOc1c(OC)cc(CN2CCN(CCC#N)CC2)cc1OC. The molecule has 0 unspecified atom stereocenters. The highest BCUT2D eigenvalue weighted by Crippen LogP contribution is 2.38. The Bertz CT molecular complexity index is 570. The maximum Gasteiger partial charge on any atom is 0.203 e. The van der Waals surface area contributed by atoms with Crippen molar-refractivity contribution in [1.29, 1.82) is 5.26 Å². The molecule has 0 saturated carbocycles. The topological polar surface area (TPSA) is 67.2 Å². The average Bonchev–Trinajstić information content (AvgIpc) is 2.68. The van der Waals surface area contributed by atoms with Crippen LogP contribution in [0.15, 0.2) is 12.1 Å². The molecule has 1 aromatic carbocycles. The van der Waals surface area contributed by atoms with Gasteiger partial charge < -0.3 is 18.9 Å². The number of ether oxygens (including phenoxy) is 4. The second-order valence-corrected chi connectivity index (χ2v) is 6.20. The van der Waals surface area contributed by atoms with Crippen molar-refractivity contribution in [3.8, 4) is 23.3 Å². The normalized spacial score (nSPS) is 15.5. The predicted molar refractivity (Wildman–Crippen MR) is 98.9 cm³/mol. The van der Waals surface area contributed by atoms with Gasteiger partial charge in [-0.05, 0) is 17.7 Å². The van der Waals surface area contributed by atoms with E-state index in [2.05, 4.69) is 15.9 Å². The van der Waals surface area contributed by atoms with Gasteiger partial charge in [-0.15, -0.1) is 0 Å². The van der Waals surface area contributed by atoms with Gasteiger partial charge in [-0.25, -0.2) is 0 Å². The fourth-order valence-corrected chi connectivity index (χ4v) is 3.03. The number of benzene rings is 1. The van der Waals surface area contributed by atoms with Crippen molar-refractivity contribution < 1.29 is 18.9 Å². The Balaban J connectivity index is 2.00. The van der Waals surface area contributed by atoms with E-state index in [-0.39, 0.29) is 0 Å². The van der Waals surface area contributed by atoms with Crippen LogP contribution in [0, 0.1) is 11.3 Å². The summed E-state index contributed by atoms with van der Waals surface area (Å²) in [6, 6.07) is 6.23. The zero-order valence-electron chi connectivity index (χ0n) is 16.0. The predicted octanol–water partition coefficient (Wildman–Crippen LogP) is 1.76. The molecule has 1 heterocycles. The second-order valence-electron chi connectivity index (χ2n) is 6.20. The molecule has 2 rings (SSSR count). The van der Waals surface area contributed by atoms with Gasteiger partial charge >= 0.3 is 0 Å². The van der Waals surface area contributed by atoms with Crippen molar-refractivity contribution in [1.82, 2.24) is 9.80 Å². The van der Waals surface area contributed by atoms with Crippen LogP contribution in [0.4, 0.5) is 0 Å². The van der Waals surface area contributed by atoms with E-state index in [1.165, 1.54) is 0 Å². The molecule has 1 fully saturated rings. The molecule has 26 heavy (non-hydrogen) atoms. The Hall–Kier alpha value is -2.01. The summed E-state index contributed by atoms with van der Waals surface area (Å²) >= 11 is 0. The highest BCUT2D eigenvalue weighted by Gasteiger charge is 2.19. The molecule has 0 radical (unpaired) electrons. The van der Waals surface area contributed by atoms with Crippen molar-refractivity contribution in [2.24, 2.45) is 0 Å². The lowest BCUT2D eigenvalue weighted by molar-refractivity contribution is 0.128. The molecule has 1 aliphatic rings. The molecular formula is C19H29N3O4. The molecule has 0 N–H and O–H groups in total. The number of piperazine rings is 1. The van der Waals surface area contributed by atoms with Crippen LogP contribution in [-0.4, -0.2) is 77.1 Å². The molecule has 0 spiro atoms. The molecule has 0 amide bonds. The molecule has 7 heteroatoms. The fraction of sp³-hybridized carbons (Fsp3) is 0.632. The van der Waals surface area contributed by atoms with Gasteiger partial charge in [0.1, 0.15) is 6.61 Å². The van der Waals surface area contributed by atoms with E-state index in [1.807, 2.05) is 12.1 Å². The minimum absolute atomic E-state index is 0.438. The summed E-state index contributed by atoms with van der Waals surface area (Å²) in [6.45, 7) is 6.60. The minimum atomic E-state index is 0.438. The first-order valence-electron chi connectivity index (χ1n) is 8.90. The van der Waals surface area contributed by atoms with Crippen LogP contribution >= 0.6 is 0 Å². The Morgan fingerprint density at radius 1 is 0.962 bits per heavy atom. The Kier molecular flexibility index (Phi) is 8.48. The van der Waals surface area contributed by atoms with Gasteiger partial charge in [0.15, 0.2) is 11.5 Å². The number of hydrogen-bond acceptors (Lipinski definition) is 7. The molecule has 144 valence electrons. The highest BCUT2D eigenvalue weighted by molar-refractivity contribution is 5.53. The summed E-state index contributed by atoms with van der Waals surface area (Å²) in [4.78, 5) is 4.75. The smallest absolute Gasteiger partial charge is 0.203 e. The second kappa shape index (κ2) is 10.9. The number of methoxy groups -OCH3 is 3. The third-order valence-electron chi connectivity index (χ3n) is 4.47. The third-order valence-corrected chi connectivity index (χ3v) is 4.47. The maximum absolute atomic E-state index is 8.70. The van der Waals surface area contributed by atoms with Gasteiger partial charge in [0.05, 0.1) is 26.9 Å². The molecule has 0 bridgehead atoms. The number of nitrogens with zero attached hydrogens (tertiary/aromatic N) is 3. The van der Waals surface area contributed by atoms with E-state index in [9.17, 15) is 0 Å². The summed E-state index contributed by atoms with van der Waals surface area (Å²) < 4.78 is 21.8. The van der Waals surface area contributed by atoms with Crippen LogP contribution in [0.2, 0.25) is 0 Å². The van der Waals surface area contributed by atoms with Crippen molar-refractivity contribution in [3.05, 3.63) is 17.7 Å². The number of rotatable bonds is 10. The van der Waals surface area contributed by atoms with Crippen molar-refractivity contribution in [3.63, 3.8) is 0 Å². The van der Waals surface area contributed by atoms with Gasteiger partial charge in [0, 0.05) is 52.8 Å². The van der Waals surface area contributed by atoms with Crippen LogP contribution in [-0.2, 0) is 11.3 Å². The zero-order valence-corrected chi connectivity index (χ0v) is 16.0. The molecule has 1 aliphatic heterocycles. The fourth-order valence-electron chi connectivity index (χ4n) is 3.03. The van der Waals surface area contributed by atoms with Gasteiger partial charge in [0.2, 0.25) is 5.75 Å². The monoisotopic (exact) mass is 363 g/mol. The van der Waals surface area contributed by atoms with Gasteiger partial charge in [-0.2, -0.15) is 5.26 Å². The van der Waals surface area contributed by atoms with E-state index >= 15 is 0 Å². The average molecular weight is 363 g/mol. The summed E-state index contributed by atoms with van der Waals surface area (Å²) in [5, 5.41) is 8.70. The number of hydrogen-bond donors (Lipinski definition) is 0. The summed E-state index contributed by atoms with van der Waals surface area (Å²) in [6.07, 6.45) is 0.596. The van der Waals surface area contributed by atoms with Crippen LogP contribution < -0.4 is 14.2 Å². The molecule has 1 saturated heterocycles. The van der Waals surface area contributed by atoms with E-state index in [4.69, 9.17) is 24.2 Å². The zero-order chi connectivity index (χ0) is 18.8. The Morgan fingerprint density at radius 2 is 1.58 bits per heavy atom. The van der Waals surface area contributed by atoms with Gasteiger partial charge in [-0.1, -0.05) is 0 Å². The van der Waals surface area contributed by atoms with Crippen molar-refractivity contribution >= 4 is 0 Å². The molecule has 0 aromatic heterocycles. The first kappa shape index (κ1) is 20.3. The summed E-state index contributed by atoms with van der Waals surface area (Å²) in [7, 11) is 4.91. The molecule has 0 aliphatic carbocycles. The molecule has 7 nitrogen and oxygen atoms in total. The van der Waals surface area contributed by atoms with Crippen LogP contribution in [0.1, 0.15) is 12.0 Å². The van der Waals surface area contributed by atoms with Crippen molar-refractivity contribution in [2.75, 3.05) is 67.3 Å². The quantitative estimate of drug-likeness (QED) is 0.587. The van der Waals surface area contributed by atoms with E-state index in [0.29, 0.717) is 36.9 Å². The molecule has 0 atom stereocenters. The third kappa shape index (κ3) is 5.77.